The molecule has 156 valence electrons. The molecule has 4 aromatic rings. The highest BCUT2D eigenvalue weighted by Crippen LogP contribution is 2.23. The minimum absolute atomic E-state index is 0.0382. The Bertz CT molecular complexity index is 1310. The molecule has 0 bridgehead atoms. The molecule has 0 radical (unpaired) electrons. The molecule has 0 aliphatic carbocycles. The maximum Gasteiger partial charge on any atom is 0.251 e. The average molecular weight is 412 g/mol. The van der Waals surface area contributed by atoms with Crippen molar-refractivity contribution in [3.63, 3.8) is 0 Å². The fraction of sp³-hybridized carbons (Fsp3) is 0.154. The Morgan fingerprint density at radius 3 is 2.16 bits per heavy atom. The number of carbonyl (C=O) groups excluding carboxylic acids is 1. The molecule has 0 atom stereocenters. The molecular weight excluding hydrogens is 386 g/mol. The molecule has 5 nitrogen and oxygen atoms in total. The van der Waals surface area contributed by atoms with E-state index in [-0.39, 0.29) is 18.0 Å². The summed E-state index contributed by atoms with van der Waals surface area (Å²) in [5.74, 6) is -0.240. The number of aryl methyl sites for hydroxylation is 3. The molecular formula is C26H25N3O2. The first-order valence-corrected chi connectivity index (χ1v) is 10.2. The van der Waals surface area contributed by atoms with Crippen LogP contribution in [0.15, 0.2) is 77.6 Å². The minimum Gasteiger partial charge on any atom is -0.356 e. The highest BCUT2D eigenvalue weighted by atomic mass is 16.2. The van der Waals surface area contributed by atoms with Gasteiger partial charge < -0.3 is 10.6 Å². The summed E-state index contributed by atoms with van der Waals surface area (Å²) in [6.07, 6.45) is 0. The zero-order chi connectivity index (χ0) is 22.0. The normalized spacial score (nSPS) is 10.8. The molecule has 1 heterocycles. The molecule has 4 rings (SSSR count). The van der Waals surface area contributed by atoms with Gasteiger partial charge in [0, 0.05) is 28.5 Å². The summed E-state index contributed by atoms with van der Waals surface area (Å²) in [7, 11) is 0. The SMILES string of the molecule is Cc1cc(C)c2c(c1)c(C)cc(=O)n2CC(=O)Nc1ccc(Nc2ccccc2)cc1. The molecule has 31 heavy (non-hydrogen) atoms. The van der Waals surface area contributed by atoms with Gasteiger partial charge in [-0.25, -0.2) is 0 Å². The molecule has 3 aromatic carbocycles. The largest absolute Gasteiger partial charge is 0.356 e. The topological polar surface area (TPSA) is 63.1 Å². The van der Waals surface area contributed by atoms with Gasteiger partial charge >= 0.3 is 0 Å². The zero-order valence-corrected chi connectivity index (χ0v) is 17.9. The van der Waals surface area contributed by atoms with Gasteiger partial charge in [-0.1, -0.05) is 29.8 Å². The molecule has 2 N–H and O–H groups in total. The smallest absolute Gasteiger partial charge is 0.251 e. The third-order valence-electron chi connectivity index (χ3n) is 5.28. The number of carbonyl (C=O) groups is 1. The van der Waals surface area contributed by atoms with E-state index in [0.717, 1.165) is 39.0 Å². The van der Waals surface area contributed by atoms with Gasteiger partial charge in [-0.15, -0.1) is 0 Å². The van der Waals surface area contributed by atoms with E-state index >= 15 is 0 Å². The van der Waals surface area contributed by atoms with Crippen LogP contribution < -0.4 is 16.2 Å². The number of para-hydroxylation sites is 1. The first-order chi connectivity index (χ1) is 14.9. The van der Waals surface area contributed by atoms with E-state index in [9.17, 15) is 9.59 Å². The van der Waals surface area contributed by atoms with Crippen molar-refractivity contribution in [2.24, 2.45) is 0 Å². The van der Waals surface area contributed by atoms with Crippen LogP contribution in [0.1, 0.15) is 16.7 Å². The molecule has 1 amide bonds. The van der Waals surface area contributed by atoms with Crippen molar-refractivity contribution in [2.75, 3.05) is 10.6 Å². The second-order valence-corrected chi connectivity index (χ2v) is 7.85. The van der Waals surface area contributed by atoms with Gasteiger partial charge in [0.15, 0.2) is 0 Å². The van der Waals surface area contributed by atoms with Gasteiger partial charge in [-0.3, -0.25) is 14.2 Å². The average Bonchev–Trinajstić information content (AvgIpc) is 2.73. The minimum atomic E-state index is -0.240. The van der Waals surface area contributed by atoms with Gasteiger partial charge in [-0.2, -0.15) is 0 Å². The van der Waals surface area contributed by atoms with Gasteiger partial charge in [0.25, 0.3) is 5.56 Å². The van der Waals surface area contributed by atoms with Gasteiger partial charge in [-0.05, 0) is 74.4 Å². The van der Waals surface area contributed by atoms with Crippen molar-refractivity contribution < 1.29 is 4.79 Å². The van der Waals surface area contributed by atoms with Crippen LogP contribution in [0.5, 0.6) is 0 Å². The lowest BCUT2D eigenvalue weighted by atomic mass is 10.0. The lowest BCUT2D eigenvalue weighted by Crippen LogP contribution is -2.28. The Kier molecular flexibility index (Phi) is 5.58. The number of fused-ring (bicyclic) bond motifs is 1. The lowest BCUT2D eigenvalue weighted by molar-refractivity contribution is -0.116. The molecule has 1 aromatic heterocycles. The van der Waals surface area contributed by atoms with E-state index in [4.69, 9.17) is 0 Å². The van der Waals surface area contributed by atoms with E-state index in [1.54, 1.807) is 10.6 Å². The van der Waals surface area contributed by atoms with Crippen molar-refractivity contribution in [3.8, 4) is 0 Å². The standard InChI is InChI=1S/C26H25N3O2/c1-17-13-19(3)26-23(14-17)18(2)15-25(31)29(26)16-24(30)28-22-11-9-21(10-12-22)27-20-7-5-4-6-8-20/h4-15,27H,16H2,1-3H3,(H,28,30). The zero-order valence-electron chi connectivity index (χ0n) is 17.9. The van der Waals surface area contributed by atoms with E-state index in [0.29, 0.717) is 5.69 Å². The number of nitrogens with zero attached hydrogens (tertiary/aromatic N) is 1. The molecule has 0 aliphatic heterocycles. The summed E-state index contributed by atoms with van der Waals surface area (Å²) in [6, 6.07) is 23.1. The predicted octanol–water partition coefficient (Wildman–Crippen LogP) is 5.31. The highest BCUT2D eigenvalue weighted by Gasteiger charge is 2.13. The van der Waals surface area contributed by atoms with Crippen molar-refractivity contribution in [2.45, 2.75) is 27.3 Å². The third kappa shape index (κ3) is 4.51. The van der Waals surface area contributed by atoms with Gasteiger partial charge in [0.05, 0.1) is 5.52 Å². The Morgan fingerprint density at radius 2 is 1.45 bits per heavy atom. The summed E-state index contributed by atoms with van der Waals surface area (Å²) in [4.78, 5) is 25.4. The quantitative estimate of drug-likeness (QED) is 0.468. The Morgan fingerprint density at radius 1 is 0.806 bits per heavy atom. The van der Waals surface area contributed by atoms with Crippen LogP contribution in [0.25, 0.3) is 10.9 Å². The lowest BCUT2D eigenvalue weighted by Gasteiger charge is -2.15. The molecule has 0 spiro atoms. The molecule has 0 unspecified atom stereocenters. The Balaban J connectivity index is 1.53. The summed E-state index contributed by atoms with van der Waals surface area (Å²) in [6.45, 7) is 5.90. The predicted molar refractivity (Wildman–Crippen MR) is 127 cm³/mol. The molecule has 5 heteroatoms. The van der Waals surface area contributed by atoms with Crippen LogP contribution >= 0.6 is 0 Å². The number of aromatic nitrogens is 1. The maximum absolute atomic E-state index is 12.7. The van der Waals surface area contributed by atoms with Crippen LogP contribution in [0.4, 0.5) is 17.1 Å². The van der Waals surface area contributed by atoms with Crippen LogP contribution in [0.2, 0.25) is 0 Å². The fourth-order valence-corrected chi connectivity index (χ4v) is 3.90. The van der Waals surface area contributed by atoms with Crippen molar-refractivity contribution >= 4 is 33.9 Å². The Hall–Kier alpha value is -3.86. The van der Waals surface area contributed by atoms with Crippen LogP contribution in [-0.4, -0.2) is 10.5 Å². The third-order valence-corrected chi connectivity index (χ3v) is 5.28. The van der Waals surface area contributed by atoms with Crippen LogP contribution in [-0.2, 0) is 11.3 Å². The Labute approximate surface area is 181 Å². The molecule has 0 fully saturated rings. The number of pyridine rings is 1. The number of hydrogen-bond acceptors (Lipinski definition) is 3. The molecule has 0 saturated heterocycles. The number of anilines is 3. The fourth-order valence-electron chi connectivity index (χ4n) is 3.90. The van der Waals surface area contributed by atoms with Crippen LogP contribution in [0, 0.1) is 20.8 Å². The first-order valence-electron chi connectivity index (χ1n) is 10.2. The van der Waals surface area contributed by atoms with E-state index in [1.807, 2.05) is 81.4 Å². The number of benzene rings is 3. The van der Waals surface area contributed by atoms with Gasteiger partial charge in [0.1, 0.15) is 6.54 Å². The summed E-state index contributed by atoms with van der Waals surface area (Å²) < 4.78 is 1.55. The second kappa shape index (κ2) is 8.48. The number of rotatable bonds is 5. The number of nitrogens with one attached hydrogen (secondary N) is 2. The van der Waals surface area contributed by atoms with Crippen molar-refractivity contribution in [3.05, 3.63) is 99.8 Å². The maximum atomic E-state index is 12.7. The molecule has 0 saturated carbocycles. The van der Waals surface area contributed by atoms with Crippen LogP contribution in [0.3, 0.4) is 0 Å². The van der Waals surface area contributed by atoms with Crippen molar-refractivity contribution in [1.82, 2.24) is 4.57 Å². The summed E-state index contributed by atoms with van der Waals surface area (Å²) >= 11 is 0. The van der Waals surface area contributed by atoms with E-state index in [1.165, 1.54) is 0 Å². The van der Waals surface area contributed by atoms with Crippen molar-refractivity contribution in [1.29, 1.82) is 0 Å². The monoisotopic (exact) mass is 411 g/mol. The van der Waals surface area contributed by atoms with E-state index in [2.05, 4.69) is 16.7 Å². The van der Waals surface area contributed by atoms with E-state index < -0.39 is 0 Å². The molecule has 0 aliphatic rings. The first kappa shape index (κ1) is 20.4. The highest BCUT2D eigenvalue weighted by molar-refractivity contribution is 5.93. The van der Waals surface area contributed by atoms with Gasteiger partial charge in [0.2, 0.25) is 5.91 Å². The summed E-state index contributed by atoms with van der Waals surface area (Å²) in [5, 5.41) is 7.20. The summed E-state index contributed by atoms with van der Waals surface area (Å²) in [5.41, 5.74) is 6.28. The second-order valence-electron chi connectivity index (χ2n) is 7.85. The number of hydrogen-bond donors (Lipinski definition) is 2. The number of amides is 1.